The Morgan fingerprint density at radius 3 is 2.52 bits per heavy atom. The summed E-state index contributed by atoms with van der Waals surface area (Å²) in [4.78, 5) is 12.3. The zero-order valence-electron chi connectivity index (χ0n) is 17.3. The van der Waals surface area contributed by atoms with E-state index in [0.29, 0.717) is 34.5 Å². The molecular formula is C20H22N4O6S. The Bertz CT molecular complexity index is 1240. The molecule has 0 fully saturated rings. The van der Waals surface area contributed by atoms with Crippen molar-refractivity contribution in [1.82, 2.24) is 19.7 Å². The number of carbonyl (C=O) groups is 1. The summed E-state index contributed by atoms with van der Waals surface area (Å²) in [5.74, 6) is 0.491. The second-order valence-corrected chi connectivity index (χ2v) is 8.93. The zero-order chi connectivity index (χ0) is 22.2. The van der Waals surface area contributed by atoms with Crippen molar-refractivity contribution in [2.24, 2.45) is 0 Å². The van der Waals surface area contributed by atoms with Gasteiger partial charge in [-0.2, -0.15) is 19.7 Å². The maximum absolute atomic E-state index is 13.6. The Morgan fingerprint density at radius 1 is 1.10 bits per heavy atom. The van der Waals surface area contributed by atoms with Crippen LogP contribution in [-0.2, 0) is 26.0 Å². The highest BCUT2D eigenvalue weighted by atomic mass is 32.2. The Kier molecular flexibility index (Phi) is 5.54. The first-order chi connectivity index (χ1) is 14.9. The number of nitrogens with zero attached hydrogens (tertiary/aromatic N) is 3. The van der Waals surface area contributed by atoms with Gasteiger partial charge in [-0.15, -0.1) is 0 Å². The van der Waals surface area contributed by atoms with Crippen molar-refractivity contribution < 1.29 is 27.4 Å². The van der Waals surface area contributed by atoms with Gasteiger partial charge in [0.15, 0.2) is 11.5 Å². The number of esters is 1. The SMILES string of the molecule is COC(=O)C[C@H]1c2cc(OC)c(OC)cc2CCN1S(=O)(=O)c1ccc2n[nH]nc2c1. The van der Waals surface area contributed by atoms with E-state index in [9.17, 15) is 13.2 Å². The van der Waals surface area contributed by atoms with Crippen LogP contribution in [0.1, 0.15) is 23.6 Å². The van der Waals surface area contributed by atoms with Crippen molar-refractivity contribution in [2.45, 2.75) is 23.8 Å². The van der Waals surface area contributed by atoms with E-state index in [1.54, 1.807) is 12.1 Å². The fraction of sp³-hybridized carbons (Fsp3) is 0.350. The number of hydrogen-bond acceptors (Lipinski definition) is 8. The summed E-state index contributed by atoms with van der Waals surface area (Å²) in [7, 11) is 0.377. The molecule has 11 heteroatoms. The largest absolute Gasteiger partial charge is 0.493 e. The normalized spacial score (nSPS) is 16.7. The molecule has 0 saturated heterocycles. The molecule has 0 radical (unpaired) electrons. The van der Waals surface area contributed by atoms with Crippen LogP contribution < -0.4 is 9.47 Å². The quantitative estimate of drug-likeness (QED) is 0.569. The van der Waals surface area contributed by atoms with Crippen LogP contribution in [0.5, 0.6) is 11.5 Å². The van der Waals surface area contributed by atoms with Crippen molar-refractivity contribution in [3.63, 3.8) is 0 Å². The summed E-state index contributed by atoms with van der Waals surface area (Å²) in [5.41, 5.74) is 2.57. The Labute approximate surface area is 179 Å². The van der Waals surface area contributed by atoms with Gasteiger partial charge in [-0.1, -0.05) is 0 Å². The van der Waals surface area contributed by atoms with Gasteiger partial charge >= 0.3 is 5.97 Å². The zero-order valence-corrected chi connectivity index (χ0v) is 18.1. The average molecular weight is 446 g/mol. The third-order valence-electron chi connectivity index (χ3n) is 5.44. The molecule has 0 amide bonds. The summed E-state index contributed by atoms with van der Waals surface area (Å²) in [5, 5.41) is 10.4. The van der Waals surface area contributed by atoms with Crippen LogP contribution in [0.3, 0.4) is 0 Å². The number of ether oxygens (including phenoxy) is 3. The topological polar surface area (TPSA) is 124 Å². The van der Waals surface area contributed by atoms with Crippen LogP contribution in [0.2, 0.25) is 0 Å². The van der Waals surface area contributed by atoms with Gasteiger partial charge in [0.05, 0.1) is 38.7 Å². The number of carbonyl (C=O) groups excluding carboxylic acids is 1. The molecule has 0 saturated carbocycles. The molecule has 1 N–H and O–H groups in total. The van der Waals surface area contributed by atoms with Gasteiger partial charge in [0.1, 0.15) is 11.0 Å². The molecule has 0 unspecified atom stereocenters. The van der Waals surface area contributed by atoms with E-state index in [2.05, 4.69) is 15.4 Å². The van der Waals surface area contributed by atoms with E-state index in [-0.39, 0.29) is 17.9 Å². The molecule has 31 heavy (non-hydrogen) atoms. The highest BCUT2D eigenvalue weighted by Gasteiger charge is 2.38. The maximum Gasteiger partial charge on any atom is 0.307 e. The summed E-state index contributed by atoms with van der Waals surface area (Å²) < 4.78 is 44.1. The van der Waals surface area contributed by atoms with Gasteiger partial charge in [-0.3, -0.25) is 4.79 Å². The Hall–Kier alpha value is -3.18. The minimum atomic E-state index is -3.94. The molecule has 1 aliphatic heterocycles. The van der Waals surface area contributed by atoms with E-state index >= 15 is 0 Å². The number of nitrogens with one attached hydrogen (secondary N) is 1. The number of aromatic amines is 1. The predicted molar refractivity (Wildman–Crippen MR) is 110 cm³/mol. The smallest absolute Gasteiger partial charge is 0.307 e. The third-order valence-corrected chi connectivity index (χ3v) is 7.34. The first kappa shape index (κ1) is 21.1. The average Bonchev–Trinajstić information content (AvgIpc) is 3.26. The maximum atomic E-state index is 13.6. The lowest BCUT2D eigenvalue weighted by Gasteiger charge is -2.36. The lowest BCUT2D eigenvalue weighted by atomic mass is 9.91. The van der Waals surface area contributed by atoms with Crippen molar-refractivity contribution in [3.05, 3.63) is 41.5 Å². The summed E-state index contributed by atoms with van der Waals surface area (Å²) in [6, 6.07) is 7.34. The third kappa shape index (κ3) is 3.70. The molecule has 0 spiro atoms. The van der Waals surface area contributed by atoms with Gasteiger partial charge < -0.3 is 14.2 Å². The van der Waals surface area contributed by atoms with Crippen molar-refractivity contribution >= 4 is 27.0 Å². The van der Waals surface area contributed by atoms with Crippen LogP contribution in [0.15, 0.2) is 35.2 Å². The highest BCUT2D eigenvalue weighted by Crippen LogP contribution is 2.41. The highest BCUT2D eigenvalue weighted by molar-refractivity contribution is 7.89. The van der Waals surface area contributed by atoms with Crippen LogP contribution >= 0.6 is 0 Å². The fourth-order valence-corrected chi connectivity index (χ4v) is 5.49. The number of benzene rings is 2. The van der Waals surface area contributed by atoms with Crippen LogP contribution in [0.4, 0.5) is 0 Å². The first-order valence-corrected chi connectivity index (χ1v) is 11.0. The second-order valence-electron chi connectivity index (χ2n) is 7.04. The number of rotatable bonds is 6. The van der Waals surface area contributed by atoms with E-state index in [1.807, 2.05) is 6.07 Å². The molecule has 4 rings (SSSR count). The predicted octanol–water partition coefficient (Wildman–Crippen LogP) is 1.83. The number of aromatic nitrogens is 3. The molecule has 0 bridgehead atoms. The monoisotopic (exact) mass is 446 g/mol. The standard InChI is InChI=1S/C20H22N4O6S/c1-28-18-8-12-6-7-24(17(11-20(25)30-3)14(12)10-19(18)29-2)31(26,27)13-4-5-15-16(9-13)22-23-21-15/h4-5,8-10,17H,6-7,11H2,1-3H3,(H,21,22,23)/t17-/m0/s1. The number of H-pyrrole nitrogens is 1. The van der Waals surface area contributed by atoms with Gasteiger partial charge in [-0.25, -0.2) is 8.42 Å². The second kappa shape index (κ2) is 8.16. The van der Waals surface area contributed by atoms with Gasteiger partial charge in [0.25, 0.3) is 0 Å². The lowest BCUT2D eigenvalue weighted by molar-refractivity contribution is -0.141. The first-order valence-electron chi connectivity index (χ1n) is 9.53. The molecule has 3 aromatic rings. The Morgan fingerprint density at radius 2 is 1.81 bits per heavy atom. The van der Waals surface area contributed by atoms with Crippen molar-refractivity contribution in [3.8, 4) is 11.5 Å². The minimum absolute atomic E-state index is 0.0766. The number of sulfonamides is 1. The molecule has 164 valence electrons. The summed E-state index contributed by atoms with van der Waals surface area (Å²) >= 11 is 0. The summed E-state index contributed by atoms with van der Waals surface area (Å²) in [6.07, 6.45) is 0.323. The van der Waals surface area contributed by atoms with Crippen LogP contribution in [0.25, 0.3) is 11.0 Å². The van der Waals surface area contributed by atoms with E-state index in [0.717, 1.165) is 5.56 Å². The summed E-state index contributed by atoms with van der Waals surface area (Å²) in [6.45, 7) is 0.198. The molecule has 1 aromatic heterocycles. The van der Waals surface area contributed by atoms with Gasteiger partial charge in [-0.05, 0) is 47.9 Å². The van der Waals surface area contributed by atoms with Gasteiger partial charge in [0, 0.05) is 6.54 Å². The molecular weight excluding hydrogens is 424 g/mol. The molecule has 10 nitrogen and oxygen atoms in total. The van der Waals surface area contributed by atoms with Gasteiger partial charge in [0.2, 0.25) is 10.0 Å². The molecule has 2 heterocycles. The van der Waals surface area contributed by atoms with Crippen molar-refractivity contribution in [1.29, 1.82) is 0 Å². The number of fused-ring (bicyclic) bond motifs is 2. The Balaban J connectivity index is 1.81. The molecule has 0 aliphatic carbocycles. The number of methoxy groups -OCH3 is 3. The van der Waals surface area contributed by atoms with Crippen LogP contribution in [0, 0.1) is 0 Å². The fourth-order valence-electron chi connectivity index (χ4n) is 3.86. The molecule has 2 aromatic carbocycles. The number of hydrogen-bond donors (Lipinski definition) is 1. The minimum Gasteiger partial charge on any atom is -0.493 e. The van der Waals surface area contributed by atoms with Crippen molar-refractivity contribution in [2.75, 3.05) is 27.9 Å². The van der Waals surface area contributed by atoms with E-state index in [4.69, 9.17) is 14.2 Å². The van der Waals surface area contributed by atoms with E-state index < -0.39 is 22.0 Å². The van der Waals surface area contributed by atoms with Crippen LogP contribution in [-0.4, -0.2) is 62.0 Å². The molecule has 1 aliphatic rings. The lowest BCUT2D eigenvalue weighted by Crippen LogP contribution is -2.41. The molecule has 1 atom stereocenters. The van der Waals surface area contributed by atoms with E-state index in [1.165, 1.54) is 37.8 Å².